The van der Waals surface area contributed by atoms with Gasteiger partial charge in [-0.3, -0.25) is 9.59 Å². The molecule has 2 heterocycles. The van der Waals surface area contributed by atoms with Crippen LogP contribution in [0.3, 0.4) is 0 Å². The zero-order valence-corrected chi connectivity index (χ0v) is 14.1. The van der Waals surface area contributed by atoms with Crippen molar-refractivity contribution in [2.45, 2.75) is 0 Å². The van der Waals surface area contributed by atoms with Crippen LogP contribution in [0.4, 0.5) is 9.39 Å². The average Bonchev–Trinajstić information content (AvgIpc) is 3.02. The predicted octanol–water partition coefficient (Wildman–Crippen LogP) is 1.74. The van der Waals surface area contributed by atoms with Crippen LogP contribution in [-0.4, -0.2) is 36.0 Å². The van der Waals surface area contributed by atoms with Gasteiger partial charge < -0.3 is 15.8 Å². The number of thiophene rings is 1. The fourth-order valence-corrected chi connectivity index (χ4v) is 3.17. The monoisotopic (exact) mass is 361 g/mol. The molecule has 0 unspecified atom stereocenters. The second-order valence-electron chi connectivity index (χ2n) is 5.10. The van der Waals surface area contributed by atoms with Crippen LogP contribution in [-0.2, 0) is 0 Å². The molecule has 25 heavy (non-hydrogen) atoms. The number of benzene rings is 1. The molecule has 2 aromatic heterocycles. The van der Waals surface area contributed by atoms with Gasteiger partial charge in [0.2, 0.25) is 0 Å². The molecular formula is C16H15FN4O3S. The summed E-state index contributed by atoms with van der Waals surface area (Å²) in [6.07, 6.45) is 0. The number of methoxy groups -OCH3 is 1. The van der Waals surface area contributed by atoms with Gasteiger partial charge in [0.25, 0.3) is 11.5 Å². The lowest BCUT2D eigenvalue weighted by Gasteiger charge is -2.10. The van der Waals surface area contributed by atoms with Crippen LogP contribution in [0.15, 0.2) is 34.4 Å². The first-order valence-electron chi connectivity index (χ1n) is 7.35. The van der Waals surface area contributed by atoms with Gasteiger partial charge in [-0.1, -0.05) is 0 Å². The predicted molar refractivity (Wildman–Crippen MR) is 94.5 cm³/mol. The highest BCUT2D eigenvalue weighted by atomic mass is 32.1. The summed E-state index contributed by atoms with van der Waals surface area (Å²) in [5.74, 6) is 0.0524. The molecule has 3 N–H and O–H groups in total. The van der Waals surface area contributed by atoms with Crippen LogP contribution in [0, 0.1) is 0 Å². The van der Waals surface area contributed by atoms with Crippen molar-refractivity contribution >= 4 is 33.0 Å². The van der Waals surface area contributed by atoms with E-state index in [0.29, 0.717) is 21.8 Å². The molecule has 1 amide bonds. The molecule has 0 atom stereocenters. The highest BCUT2D eigenvalue weighted by molar-refractivity contribution is 7.15. The molecule has 9 heteroatoms. The molecular weight excluding hydrogens is 346 g/mol. The van der Waals surface area contributed by atoms with Crippen molar-refractivity contribution in [1.29, 1.82) is 0 Å². The Labute approximate surface area is 145 Å². The molecule has 0 saturated heterocycles. The largest absolute Gasteiger partial charge is 0.497 e. The fourth-order valence-electron chi connectivity index (χ4n) is 2.38. The lowest BCUT2D eigenvalue weighted by molar-refractivity contribution is 0.0946. The quantitative estimate of drug-likeness (QED) is 0.721. The number of ether oxygens (including phenoxy) is 1. The van der Waals surface area contributed by atoms with Crippen LogP contribution < -0.4 is 21.3 Å². The van der Waals surface area contributed by atoms with E-state index in [1.807, 2.05) is 0 Å². The lowest BCUT2D eigenvalue weighted by atomic mass is 10.2. The summed E-state index contributed by atoms with van der Waals surface area (Å²) >= 11 is 1.15. The van der Waals surface area contributed by atoms with E-state index in [1.165, 1.54) is 7.11 Å². The van der Waals surface area contributed by atoms with Crippen molar-refractivity contribution in [3.8, 4) is 11.4 Å². The minimum atomic E-state index is -0.696. The van der Waals surface area contributed by atoms with Crippen LogP contribution in [0.5, 0.6) is 5.75 Å². The first kappa shape index (κ1) is 16.9. The van der Waals surface area contributed by atoms with Gasteiger partial charge in [-0.25, -0.2) is 4.39 Å². The molecule has 0 bridgehead atoms. The molecule has 1 aromatic carbocycles. The summed E-state index contributed by atoms with van der Waals surface area (Å²) in [4.78, 5) is 25.1. The Morgan fingerprint density at radius 3 is 2.76 bits per heavy atom. The fraction of sp³-hybridized carbons (Fsp3) is 0.188. The number of nitrogens with one attached hydrogen (secondary N) is 1. The van der Waals surface area contributed by atoms with Gasteiger partial charge in [-0.15, -0.1) is 11.3 Å². The number of nitrogens with zero attached hydrogens (tertiary/aromatic N) is 2. The number of carbonyl (C=O) groups is 1. The third-order valence-electron chi connectivity index (χ3n) is 3.59. The molecule has 0 aliphatic rings. The molecule has 0 saturated carbocycles. The van der Waals surface area contributed by atoms with E-state index in [1.54, 1.807) is 29.6 Å². The van der Waals surface area contributed by atoms with Crippen molar-refractivity contribution in [2.75, 3.05) is 26.1 Å². The zero-order valence-electron chi connectivity index (χ0n) is 13.3. The Morgan fingerprint density at radius 1 is 1.40 bits per heavy atom. The van der Waals surface area contributed by atoms with Gasteiger partial charge in [-0.2, -0.15) is 9.78 Å². The number of hydrogen-bond acceptors (Lipinski definition) is 6. The number of carbonyl (C=O) groups excluding carboxylic acids is 1. The molecule has 0 aliphatic heterocycles. The molecule has 3 rings (SSSR count). The number of halogens is 1. The van der Waals surface area contributed by atoms with Crippen molar-refractivity contribution in [3.63, 3.8) is 0 Å². The second-order valence-corrected chi connectivity index (χ2v) is 6.01. The number of rotatable bonds is 5. The lowest BCUT2D eigenvalue weighted by Crippen LogP contribution is -2.30. The molecule has 7 nitrogen and oxygen atoms in total. The molecule has 3 aromatic rings. The number of hydrogen-bond donors (Lipinski definition) is 2. The minimum Gasteiger partial charge on any atom is -0.497 e. The van der Waals surface area contributed by atoms with Crippen molar-refractivity contribution in [2.24, 2.45) is 0 Å². The Kier molecular flexibility index (Phi) is 4.66. The summed E-state index contributed by atoms with van der Waals surface area (Å²) in [5, 5.41) is 9.06. The zero-order chi connectivity index (χ0) is 18.0. The third kappa shape index (κ3) is 3.05. The van der Waals surface area contributed by atoms with E-state index in [2.05, 4.69) is 10.4 Å². The van der Waals surface area contributed by atoms with E-state index in [-0.39, 0.29) is 17.6 Å². The maximum absolute atomic E-state index is 12.8. The molecule has 0 aliphatic carbocycles. The van der Waals surface area contributed by atoms with Crippen molar-refractivity contribution in [3.05, 3.63) is 45.7 Å². The topological polar surface area (TPSA) is 99.2 Å². The number of fused-ring (bicyclic) bond motifs is 1. The average molecular weight is 361 g/mol. The van der Waals surface area contributed by atoms with Crippen LogP contribution in [0.2, 0.25) is 0 Å². The highest BCUT2D eigenvalue weighted by Gasteiger charge is 2.20. The van der Waals surface area contributed by atoms with Gasteiger partial charge in [-0.05, 0) is 24.3 Å². The number of nitrogens with two attached hydrogens (primary N) is 1. The molecule has 0 spiro atoms. The SMILES string of the molecule is COc1ccc(-n2nc(C(=O)NCC[18F])c3csc(N)c3c2=O)cc1. The van der Waals surface area contributed by atoms with Gasteiger partial charge >= 0.3 is 0 Å². The summed E-state index contributed by atoms with van der Waals surface area (Å²) in [6.45, 7) is -0.831. The maximum Gasteiger partial charge on any atom is 0.282 e. The number of nitrogen functional groups attached to an aromatic ring is 1. The third-order valence-corrected chi connectivity index (χ3v) is 4.40. The van der Waals surface area contributed by atoms with Gasteiger partial charge in [0.1, 0.15) is 12.4 Å². The summed E-state index contributed by atoms with van der Waals surface area (Å²) in [6, 6.07) is 6.64. The normalized spacial score (nSPS) is 10.8. The van der Waals surface area contributed by atoms with E-state index < -0.39 is 18.1 Å². The Morgan fingerprint density at radius 2 is 2.12 bits per heavy atom. The molecule has 130 valence electrons. The molecule has 0 radical (unpaired) electrons. The highest BCUT2D eigenvalue weighted by Crippen LogP contribution is 2.27. The van der Waals surface area contributed by atoms with E-state index in [4.69, 9.17) is 10.5 Å². The van der Waals surface area contributed by atoms with E-state index in [9.17, 15) is 14.0 Å². The molecule has 0 fully saturated rings. The summed E-state index contributed by atoms with van der Waals surface area (Å²) in [5.41, 5.74) is 5.95. The Balaban J connectivity index is 2.21. The smallest absolute Gasteiger partial charge is 0.282 e. The van der Waals surface area contributed by atoms with Crippen LogP contribution in [0.25, 0.3) is 16.5 Å². The number of aromatic nitrogens is 2. The summed E-state index contributed by atoms with van der Waals surface area (Å²) < 4.78 is 18.5. The first-order valence-corrected chi connectivity index (χ1v) is 8.23. The van der Waals surface area contributed by atoms with Crippen LogP contribution in [0.1, 0.15) is 10.5 Å². The number of amides is 1. The Bertz CT molecular complexity index is 981. The van der Waals surface area contributed by atoms with E-state index >= 15 is 0 Å². The minimum absolute atomic E-state index is 0.0202. The van der Waals surface area contributed by atoms with Gasteiger partial charge in [0, 0.05) is 17.3 Å². The van der Waals surface area contributed by atoms with Crippen molar-refractivity contribution in [1.82, 2.24) is 15.1 Å². The van der Waals surface area contributed by atoms with Gasteiger partial charge in [0.15, 0.2) is 5.69 Å². The summed E-state index contributed by atoms with van der Waals surface area (Å²) in [7, 11) is 1.53. The van der Waals surface area contributed by atoms with Crippen molar-refractivity contribution < 1.29 is 13.9 Å². The Hall–Kier alpha value is -2.94. The first-order chi connectivity index (χ1) is 12.1. The number of alkyl halides is 1. The van der Waals surface area contributed by atoms with E-state index in [0.717, 1.165) is 16.0 Å². The second kappa shape index (κ2) is 6.89. The maximum atomic E-state index is 12.8. The standard InChI is InChI=1S/C16H15FN4O3S/c1-24-10-4-2-9(3-5-10)21-16(23)12-11(8-25-14(12)18)13(20-21)15(22)19-7-6-17/h2-5,8H,6-7,18H2,1H3,(H,19,22)/i17-1. The number of anilines is 1. The van der Waals surface area contributed by atoms with Crippen LogP contribution >= 0.6 is 11.3 Å². The van der Waals surface area contributed by atoms with Gasteiger partial charge in [0.05, 0.1) is 23.2 Å².